The zero-order chi connectivity index (χ0) is 13.9. The molecule has 1 aromatic heterocycles. The maximum Gasteiger partial charge on any atom is 0.116 e. The van der Waals surface area contributed by atoms with E-state index in [4.69, 9.17) is 0 Å². The Morgan fingerprint density at radius 3 is 2.55 bits per heavy atom. The van der Waals surface area contributed by atoms with Crippen LogP contribution < -0.4 is 0 Å². The zero-order valence-corrected chi connectivity index (χ0v) is 12.0. The molecule has 0 radical (unpaired) electrons. The van der Waals surface area contributed by atoms with Gasteiger partial charge < -0.3 is 0 Å². The number of fused-ring (bicyclic) bond motifs is 1. The molecule has 0 N–H and O–H groups in total. The molecule has 0 amide bonds. The molecule has 0 bridgehead atoms. The summed E-state index contributed by atoms with van der Waals surface area (Å²) in [6.45, 7) is 4.51. The lowest BCUT2D eigenvalue weighted by Gasteiger charge is -2.07. The second-order valence-electron chi connectivity index (χ2n) is 5.33. The normalized spacial score (nSPS) is 12.7. The topological polar surface area (TPSA) is 30.7 Å². The minimum Gasteiger partial charge on any atom is -0.150 e. The van der Waals surface area contributed by atoms with Crippen LogP contribution in [0.15, 0.2) is 48.5 Å². The van der Waals surface area contributed by atoms with Gasteiger partial charge in [0.1, 0.15) is 11.0 Å². The fourth-order valence-corrected chi connectivity index (χ4v) is 2.35. The van der Waals surface area contributed by atoms with Gasteiger partial charge in [-0.25, -0.2) is 0 Å². The van der Waals surface area contributed by atoms with E-state index in [-0.39, 0.29) is 0 Å². The number of hydrogen-bond donors (Lipinski definition) is 0. The van der Waals surface area contributed by atoms with E-state index in [0.717, 1.165) is 23.1 Å². The Morgan fingerprint density at radius 1 is 1.00 bits per heavy atom. The molecule has 102 valence electrons. The molecule has 20 heavy (non-hydrogen) atoms. The zero-order valence-electron chi connectivity index (χ0n) is 12.0. The Bertz CT molecular complexity index is 701. The van der Waals surface area contributed by atoms with E-state index in [1.165, 1.54) is 12.0 Å². The third kappa shape index (κ3) is 2.44. The van der Waals surface area contributed by atoms with Gasteiger partial charge in [-0.3, -0.25) is 0 Å². The molecule has 3 nitrogen and oxygen atoms in total. The van der Waals surface area contributed by atoms with Crippen molar-refractivity contribution in [2.75, 3.05) is 0 Å². The van der Waals surface area contributed by atoms with E-state index in [0.29, 0.717) is 5.92 Å². The van der Waals surface area contributed by atoms with Gasteiger partial charge in [-0.1, -0.05) is 50.6 Å². The maximum atomic E-state index is 4.68. The second-order valence-corrected chi connectivity index (χ2v) is 5.33. The van der Waals surface area contributed by atoms with Gasteiger partial charge in [0.15, 0.2) is 0 Å². The Kier molecular flexibility index (Phi) is 3.50. The third-order valence-electron chi connectivity index (χ3n) is 3.75. The quantitative estimate of drug-likeness (QED) is 0.713. The number of aromatic nitrogens is 3. The molecule has 0 saturated heterocycles. The number of rotatable bonds is 4. The Hall–Kier alpha value is -2.16. The van der Waals surface area contributed by atoms with Crippen molar-refractivity contribution in [1.29, 1.82) is 0 Å². The van der Waals surface area contributed by atoms with E-state index in [2.05, 4.69) is 36.2 Å². The van der Waals surface area contributed by atoms with Crippen LogP contribution in [0.4, 0.5) is 0 Å². The van der Waals surface area contributed by atoms with Crippen LogP contribution in [0.3, 0.4) is 0 Å². The molecular weight excluding hydrogens is 246 g/mol. The van der Waals surface area contributed by atoms with Crippen LogP contribution in [0.5, 0.6) is 0 Å². The summed E-state index contributed by atoms with van der Waals surface area (Å²) in [5.74, 6) is 0.669. The molecule has 3 heteroatoms. The van der Waals surface area contributed by atoms with Crippen molar-refractivity contribution in [3.63, 3.8) is 0 Å². The van der Waals surface area contributed by atoms with Crippen molar-refractivity contribution in [3.8, 4) is 5.69 Å². The van der Waals surface area contributed by atoms with Gasteiger partial charge in [-0.05, 0) is 36.1 Å². The van der Waals surface area contributed by atoms with Crippen molar-refractivity contribution in [2.24, 2.45) is 5.92 Å². The van der Waals surface area contributed by atoms with E-state index in [1.54, 1.807) is 4.80 Å². The molecule has 0 fully saturated rings. The van der Waals surface area contributed by atoms with Crippen molar-refractivity contribution >= 4 is 11.0 Å². The lowest BCUT2D eigenvalue weighted by molar-refractivity contribution is 0.561. The standard InChI is InChI=1S/C17H19N3/c1-3-13(2)12-14-8-7-11-16-17(14)19-20(18-16)15-9-5-4-6-10-15/h4-11,13H,3,12H2,1-2H3. The minimum atomic E-state index is 0.669. The lowest BCUT2D eigenvalue weighted by Crippen LogP contribution is -1.99. The van der Waals surface area contributed by atoms with Crippen LogP contribution in [-0.4, -0.2) is 15.0 Å². The maximum absolute atomic E-state index is 4.68. The fourth-order valence-electron chi connectivity index (χ4n) is 2.35. The molecule has 0 spiro atoms. The van der Waals surface area contributed by atoms with Crippen molar-refractivity contribution in [2.45, 2.75) is 26.7 Å². The molecule has 0 saturated carbocycles. The van der Waals surface area contributed by atoms with Crippen LogP contribution in [0.1, 0.15) is 25.8 Å². The molecule has 0 aliphatic heterocycles. The first-order valence-corrected chi connectivity index (χ1v) is 7.18. The molecule has 1 atom stereocenters. The predicted octanol–water partition coefficient (Wildman–Crippen LogP) is 4.01. The summed E-state index contributed by atoms with van der Waals surface area (Å²) in [4.78, 5) is 1.73. The summed E-state index contributed by atoms with van der Waals surface area (Å²) in [6, 6.07) is 16.3. The van der Waals surface area contributed by atoms with Crippen molar-refractivity contribution < 1.29 is 0 Å². The van der Waals surface area contributed by atoms with Crippen LogP contribution in [-0.2, 0) is 6.42 Å². The number of benzene rings is 2. The van der Waals surface area contributed by atoms with Gasteiger partial charge in [0.25, 0.3) is 0 Å². The average molecular weight is 265 g/mol. The van der Waals surface area contributed by atoms with Crippen LogP contribution in [0.25, 0.3) is 16.7 Å². The van der Waals surface area contributed by atoms with Crippen molar-refractivity contribution in [3.05, 3.63) is 54.1 Å². The first-order chi connectivity index (χ1) is 9.78. The molecule has 3 aromatic rings. The van der Waals surface area contributed by atoms with Gasteiger partial charge in [0.2, 0.25) is 0 Å². The van der Waals surface area contributed by atoms with Crippen LogP contribution >= 0.6 is 0 Å². The van der Waals surface area contributed by atoms with E-state index in [9.17, 15) is 0 Å². The smallest absolute Gasteiger partial charge is 0.116 e. The Morgan fingerprint density at radius 2 is 1.80 bits per heavy atom. The van der Waals surface area contributed by atoms with Crippen LogP contribution in [0.2, 0.25) is 0 Å². The summed E-state index contributed by atoms with van der Waals surface area (Å²) in [7, 11) is 0. The SMILES string of the molecule is CCC(C)Cc1cccc2nn(-c3ccccc3)nc12. The minimum absolute atomic E-state index is 0.669. The molecule has 0 aliphatic rings. The largest absolute Gasteiger partial charge is 0.150 e. The van der Waals surface area contributed by atoms with Gasteiger partial charge in [0.05, 0.1) is 5.69 Å². The molecule has 1 heterocycles. The highest BCUT2D eigenvalue weighted by molar-refractivity contribution is 5.77. The number of hydrogen-bond acceptors (Lipinski definition) is 2. The number of para-hydroxylation sites is 1. The number of nitrogens with zero attached hydrogens (tertiary/aromatic N) is 3. The first kappa shape index (κ1) is 12.9. The molecule has 0 aliphatic carbocycles. The fraction of sp³-hybridized carbons (Fsp3) is 0.294. The molecule has 3 rings (SSSR count). The highest BCUT2D eigenvalue weighted by Crippen LogP contribution is 2.20. The Balaban J connectivity index is 2.05. The lowest BCUT2D eigenvalue weighted by atomic mass is 9.98. The highest BCUT2D eigenvalue weighted by atomic mass is 15.5. The molecule has 2 aromatic carbocycles. The third-order valence-corrected chi connectivity index (χ3v) is 3.75. The summed E-state index contributed by atoms with van der Waals surface area (Å²) in [6.07, 6.45) is 2.24. The van der Waals surface area contributed by atoms with E-state index >= 15 is 0 Å². The Labute approximate surface area is 119 Å². The van der Waals surface area contributed by atoms with Gasteiger partial charge >= 0.3 is 0 Å². The molecule has 1 unspecified atom stereocenters. The van der Waals surface area contributed by atoms with Gasteiger partial charge in [0, 0.05) is 0 Å². The first-order valence-electron chi connectivity index (χ1n) is 7.18. The summed E-state index contributed by atoms with van der Waals surface area (Å²) in [5.41, 5.74) is 4.28. The van der Waals surface area contributed by atoms with Gasteiger partial charge in [-0.15, -0.1) is 10.2 Å². The monoisotopic (exact) mass is 265 g/mol. The average Bonchev–Trinajstić information content (AvgIpc) is 2.93. The summed E-state index contributed by atoms with van der Waals surface area (Å²) in [5, 5.41) is 9.26. The van der Waals surface area contributed by atoms with Gasteiger partial charge in [-0.2, -0.15) is 4.80 Å². The van der Waals surface area contributed by atoms with E-state index in [1.807, 2.05) is 36.4 Å². The van der Waals surface area contributed by atoms with Crippen molar-refractivity contribution in [1.82, 2.24) is 15.0 Å². The highest BCUT2D eigenvalue weighted by Gasteiger charge is 2.10. The van der Waals surface area contributed by atoms with Crippen LogP contribution in [0, 0.1) is 5.92 Å². The van der Waals surface area contributed by atoms with E-state index < -0.39 is 0 Å². The second kappa shape index (κ2) is 5.45. The summed E-state index contributed by atoms with van der Waals surface area (Å²) < 4.78 is 0. The summed E-state index contributed by atoms with van der Waals surface area (Å²) >= 11 is 0. The molecular formula is C17H19N3. The predicted molar refractivity (Wildman–Crippen MR) is 82.0 cm³/mol.